The van der Waals surface area contributed by atoms with Crippen LogP contribution in [0, 0.1) is 0 Å². The Bertz CT molecular complexity index is 520. The Morgan fingerprint density at radius 1 is 1.00 bits per heavy atom. The van der Waals surface area contributed by atoms with Crippen LogP contribution in [0.3, 0.4) is 0 Å². The second-order valence-corrected chi connectivity index (χ2v) is 6.80. The number of Topliss-reactive ketones (excluding diaryl/α,β-unsaturated/α-hetero) is 1. The molecule has 0 fully saturated rings. The van der Waals surface area contributed by atoms with Gasteiger partial charge in [-0.2, -0.15) is 0 Å². The summed E-state index contributed by atoms with van der Waals surface area (Å²) < 4.78 is 0. The first kappa shape index (κ1) is 22.7. The molecule has 0 bridgehead atoms. The standard InChI is InChI=1S/C20H36N4O2/c1-17(25)18-9-3-4-10-19(18)20(2,26)24-16-8-15-23-13-6-5-12-22-14-7-11-21/h3-4,9-10,22-24,26H,5-8,11-16,21H2,1-2H3. The third-order valence-corrected chi connectivity index (χ3v) is 4.35. The van der Waals surface area contributed by atoms with Gasteiger partial charge in [-0.1, -0.05) is 24.3 Å². The van der Waals surface area contributed by atoms with Gasteiger partial charge in [0.05, 0.1) is 0 Å². The maximum Gasteiger partial charge on any atom is 0.160 e. The number of carbonyl (C=O) groups is 1. The number of rotatable bonds is 15. The molecule has 1 atom stereocenters. The number of nitrogens with two attached hydrogens (primary N) is 1. The Hall–Kier alpha value is -1.31. The van der Waals surface area contributed by atoms with Gasteiger partial charge in [-0.05, 0) is 78.8 Å². The van der Waals surface area contributed by atoms with E-state index >= 15 is 0 Å². The van der Waals surface area contributed by atoms with Crippen LogP contribution >= 0.6 is 0 Å². The van der Waals surface area contributed by atoms with Gasteiger partial charge in [0.25, 0.3) is 0 Å². The molecular weight excluding hydrogens is 328 g/mol. The maximum atomic E-state index is 11.7. The van der Waals surface area contributed by atoms with E-state index in [1.807, 2.05) is 12.1 Å². The molecule has 6 nitrogen and oxygen atoms in total. The zero-order valence-electron chi connectivity index (χ0n) is 16.3. The summed E-state index contributed by atoms with van der Waals surface area (Å²) in [7, 11) is 0. The van der Waals surface area contributed by atoms with Gasteiger partial charge < -0.3 is 21.5 Å². The van der Waals surface area contributed by atoms with Gasteiger partial charge in [0, 0.05) is 11.1 Å². The number of benzene rings is 1. The monoisotopic (exact) mass is 364 g/mol. The van der Waals surface area contributed by atoms with Crippen LogP contribution in [0.5, 0.6) is 0 Å². The van der Waals surface area contributed by atoms with Crippen LogP contribution in [-0.2, 0) is 5.72 Å². The van der Waals surface area contributed by atoms with Crippen molar-refractivity contribution in [2.24, 2.45) is 5.73 Å². The summed E-state index contributed by atoms with van der Waals surface area (Å²) >= 11 is 0. The minimum Gasteiger partial charge on any atom is -0.372 e. The fourth-order valence-electron chi connectivity index (χ4n) is 2.83. The molecule has 0 saturated heterocycles. The first-order valence-electron chi connectivity index (χ1n) is 9.68. The van der Waals surface area contributed by atoms with Crippen LogP contribution in [-0.4, -0.2) is 50.2 Å². The smallest absolute Gasteiger partial charge is 0.160 e. The molecule has 26 heavy (non-hydrogen) atoms. The summed E-state index contributed by atoms with van der Waals surface area (Å²) in [6.45, 7) is 8.58. The van der Waals surface area contributed by atoms with Gasteiger partial charge in [-0.3, -0.25) is 10.1 Å². The normalized spacial score (nSPS) is 13.5. The summed E-state index contributed by atoms with van der Waals surface area (Å²) in [5.74, 6) is -0.0399. The fourth-order valence-corrected chi connectivity index (χ4v) is 2.83. The number of carbonyl (C=O) groups excluding carboxylic acids is 1. The highest BCUT2D eigenvalue weighted by Gasteiger charge is 2.25. The average Bonchev–Trinajstić information content (AvgIpc) is 2.62. The third-order valence-electron chi connectivity index (χ3n) is 4.35. The van der Waals surface area contributed by atoms with Crippen molar-refractivity contribution in [3.63, 3.8) is 0 Å². The fraction of sp³-hybridized carbons (Fsp3) is 0.650. The van der Waals surface area contributed by atoms with Crippen molar-refractivity contribution < 1.29 is 9.90 Å². The summed E-state index contributed by atoms with van der Waals surface area (Å²) in [4.78, 5) is 11.7. The van der Waals surface area contributed by atoms with Gasteiger partial charge in [-0.25, -0.2) is 0 Å². The molecule has 6 heteroatoms. The van der Waals surface area contributed by atoms with Crippen molar-refractivity contribution in [1.29, 1.82) is 0 Å². The molecule has 0 radical (unpaired) electrons. The van der Waals surface area contributed by atoms with Crippen LogP contribution in [0.15, 0.2) is 24.3 Å². The number of ketones is 1. The second kappa shape index (κ2) is 12.9. The second-order valence-electron chi connectivity index (χ2n) is 6.80. The zero-order valence-corrected chi connectivity index (χ0v) is 16.3. The third kappa shape index (κ3) is 8.87. The van der Waals surface area contributed by atoms with Crippen molar-refractivity contribution in [3.8, 4) is 0 Å². The van der Waals surface area contributed by atoms with Gasteiger partial charge in [0.1, 0.15) is 5.72 Å². The van der Waals surface area contributed by atoms with Crippen LogP contribution in [0.25, 0.3) is 0 Å². The van der Waals surface area contributed by atoms with E-state index in [-0.39, 0.29) is 5.78 Å². The topological polar surface area (TPSA) is 99.4 Å². The Labute approximate surface area is 157 Å². The molecule has 0 aliphatic carbocycles. The molecule has 1 rings (SSSR count). The van der Waals surface area contributed by atoms with Crippen molar-refractivity contribution in [1.82, 2.24) is 16.0 Å². The molecule has 0 heterocycles. The predicted octanol–water partition coefficient (Wildman–Crippen LogP) is 1.34. The number of hydrogen-bond donors (Lipinski definition) is 5. The SMILES string of the molecule is CC(=O)c1ccccc1C(C)(O)NCCCNCCCCNCCCN. The van der Waals surface area contributed by atoms with Gasteiger partial charge >= 0.3 is 0 Å². The highest BCUT2D eigenvalue weighted by Crippen LogP contribution is 2.22. The molecule has 1 aromatic rings. The molecule has 0 aliphatic heterocycles. The Morgan fingerprint density at radius 2 is 1.58 bits per heavy atom. The van der Waals surface area contributed by atoms with Gasteiger partial charge in [0.15, 0.2) is 5.78 Å². The van der Waals surface area contributed by atoms with E-state index < -0.39 is 5.72 Å². The number of unbranched alkanes of at least 4 members (excludes halogenated alkanes) is 1. The van der Waals surface area contributed by atoms with Crippen molar-refractivity contribution >= 4 is 5.78 Å². The van der Waals surface area contributed by atoms with E-state index in [0.29, 0.717) is 17.7 Å². The molecule has 0 amide bonds. The van der Waals surface area contributed by atoms with Gasteiger partial charge in [-0.15, -0.1) is 0 Å². The lowest BCUT2D eigenvalue weighted by Gasteiger charge is -2.27. The predicted molar refractivity (Wildman–Crippen MR) is 107 cm³/mol. The van der Waals surface area contributed by atoms with E-state index in [1.165, 1.54) is 6.92 Å². The van der Waals surface area contributed by atoms with Crippen molar-refractivity contribution in [3.05, 3.63) is 35.4 Å². The molecule has 6 N–H and O–H groups in total. The maximum absolute atomic E-state index is 11.7. The molecule has 0 saturated carbocycles. The van der Waals surface area contributed by atoms with Gasteiger partial charge in [0.2, 0.25) is 0 Å². The summed E-state index contributed by atoms with van der Waals surface area (Å²) in [5, 5.41) is 20.6. The minimum absolute atomic E-state index is 0.0399. The Morgan fingerprint density at radius 3 is 2.19 bits per heavy atom. The molecule has 0 spiro atoms. The van der Waals surface area contributed by atoms with E-state index in [1.54, 1.807) is 19.1 Å². The highest BCUT2D eigenvalue weighted by molar-refractivity contribution is 5.95. The summed E-state index contributed by atoms with van der Waals surface area (Å²) in [6.07, 6.45) is 4.25. The number of nitrogens with one attached hydrogen (secondary N) is 3. The lowest BCUT2D eigenvalue weighted by Crippen LogP contribution is -2.41. The molecule has 0 aliphatic rings. The lowest BCUT2D eigenvalue weighted by molar-refractivity contribution is 0.0191. The van der Waals surface area contributed by atoms with Crippen molar-refractivity contribution in [2.45, 2.75) is 45.3 Å². The summed E-state index contributed by atoms with van der Waals surface area (Å²) in [6, 6.07) is 7.20. The summed E-state index contributed by atoms with van der Waals surface area (Å²) in [5.41, 5.74) is 5.42. The Balaban J connectivity index is 2.15. The molecule has 1 unspecified atom stereocenters. The largest absolute Gasteiger partial charge is 0.372 e. The van der Waals surface area contributed by atoms with E-state index in [4.69, 9.17) is 5.73 Å². The first-order valence-corrected chi connectivity index (χ1v) is 9.68. The van der Waals surface area contributed by atoms with E-state index in [0.717, 1.165) is 58.4 Å². The molecular formula is C20H36N4O2. The molecule has 148 valence electrons. The lowest BCUT2D eigenvalue weighted by atomic mass is 9.96. The van der Waals surface area contributed by atoms with E-state index in [2.05, 4.69) is 16.0 Å². The van der Waals surface area contributed by atoms with E-state index in [9.17, 15) is 9.90 Å². The average molecular weight is 365 g/mol. The molecule has 1 aromatic carbocycles. The van der Waals surface area contributed by atoms with Crippen LogP contribution < -0.4 is 21.7 Å². The van der Waals surface area contributed by atoms with Crippen molar-refractivity contribution in [2.75, 3.05) is 39.3 Å². The Kier molecular flexibility index (Phi) is 11.3. The number of aliphatic hydroxyl groups is 1. The minimum atomic E-state index is -1.21. The van der Waals surface area contributed by atoms with Crippen LogP contribution in [0.1, 0.15) is 55.5 Å². The quantitative estimate of drug-likeness (QED) is 0.183. The van der Waals surface area contributed by atoms with Crippen LogP contribution in [0.2, 0.25) is 0 Å². The first-order chi connectivity index (χ1) is 12.5. The number of hydrogen-bond acceptors (Lipinski definition) is 6. The highest BCUT2D eigenvalue weighted by atomic mass is 16.3. The van der Waals surface area contributed by atoms with Crippen LogP contribution in [0.4, 0.5) is 0 Å². The zero-order chi connectivity index (χ0) is 19.3. The molecule has 0 aromatic heterocycles.